The minimum Gasteiger partial charge on any atom is -0.481 e. The molecule has 0 aromatic heterocycles. The van der Waals surface area contributed by atoms with Gasteiger partial charge in [0.25, 0.3) is 0 Å². The van der Waals surface area contributed by atoms with Gasteiger partial charge in [0.15, 0.2) is 0 Å². The molecule has 3 atom stereocenters. The third-order valence-corrected chi connectivity index (χ3v) is 2.31. The Kier molecular flexibility index (Phi) is 5.15. The predicted octanol–water partition coefficient (Wildman–Crippen LogP) is -0.193. The van der Waals surface area contributed by atoms with Crippen molar-refractivity contribution in [3.63, 3.8) is 0 Å². The maximum absolute atomic E-state index is 11.3. The second-order valence-electron chi connectivity index (χ2n) is 3.56. The molecular weight excluding hydrogens is 184 g/mol. The van der Waals surface area contributed by atoms with Crippen molar-refractivity contribution in [2.24, 2.45) is 17.6 Å². The Balaban J connectivity index is 4.12. The van der Waals surface area contributed by atoms with Gasteiger partial charge >= 0.3 is 5.97 Å². The maximum atomic E-state index is 11.3. The molecule has 14 heavy (non-hydrogen) atoms. The van der Waals surface area contributed by atoms with Gasteiger partial charge in [-0.3, -0.25) is 9.59 Å². The first kappa shape index (κ1) is 12.9. The Bertz CT molecular complexity index is 218. The lowest BCUT2D eigenvalue weighted by Crippen LogP contribution is -2.43. The Morgan fingerprint density at radius 1 is 1.36 bits per heavy atom. The topological polar surface area (TPSA) is 92.4 Å². The van der Waals surface area contributed by atoms with Gasteiger partial charge in [-0.1, -0.05) is 6.92 Å². The summed E-state index contributed by atoms with van der Waals surface area (Å²) in [4.78, 5) is 21.9. The van der Waals surface area contributed by atoms with Gasteiger partial charge < -0.3 is 16.2 Å². The highest BCUT2D eigenvalue weighted by Crippen LogP contribution is 2.03. The number of hydrogen-bond donors (Lipinski definition) is 3. The number of aliphatic carboxylic acids is 1. The van der Waals surface area contributed by atoms with Crippen LogP contribution in [0, 0.1) is 11.8 Å². The van der Waals surface area contributed by atoms with E-state index in [0.717, 1.165) is 0 Å². The summed E-state index contributed by atoms with van der Waals surface area (Å²) in [7, 11) is 0. The van der Waals surface area contributed by atoms with Gasteiger partial charge in [-0.15, -0.1) is 0 Å². The minimum atomic E-state index is -0.918. The van der Waals surface area contributed by atoms with Crippen molar-refractivity contribution in [1.29, 1.82) is 0 Å². The highest BCUT2D eigenvalue weighted by Gasteiger charge is 2.22. The molecule has 0 aliphatic heterocycles. The van der Waals surface area contributed by atoms with Crippen LogP contribution in [0.4, 0.5) is 0 Å². The van der Waals surface area contributed by atoms with Crippen LogP contribution in [-0.4, -0.2) is 29.6 Å². The molecule has 3 unspecified atom stereocenters. The molecule has 0 spiro atoms. The molecule has 5 heteroatoms. The summed E-state index contributed by atoms with van der Waals surface area (Å²) in [5.74, 6) is -1.99. The summed E-state index contributed by atoms with van der Waals surface area (Å²) in [6, 6.07) is -0.381. The number of nitrogens with two attached hydrogens (primary N) is 1. The molecule has 0 radical (unpaired) electrons. The molecular formula is C9H18N2O3. The van der Waals surface area contributed by atoms with Crippen LogP contribution in [-0.2, 0) is 9.59 Å². The summed E-state index contributed by atoms with van der Waals surface area (Å²) in [6.07, 6.45) is 0. The van der Waals surface area contributed by atoms with E-state index in [1.807, 2.05) is 0 Å². The number of carboxylic acid groups (broad SMARTS) is 1. The molecule has 5 nitrogen and oxygen atoms in total. The lowest BCUT2D eigenvalue weighted by atomic mass is 10.0. The zero-order valence-corrected chi connectivity index (χ0v) is 8.78. The number of nitrogens with one attached hydrogen (secondary N) is 1. The fraction of sp³-hybridized carbons (Fsp3) is 0.778. The molecule has 0 aliphatic rings. The van der Waals surface area contributed by atoms with Gasteiger partial charge in [-0.2, -0.15) is 0 Å². The molecule has 1 amide bonds. The summed E-state index contributed by atoms with van der Waals surface area (Å²) in [5, 5.41) is 11.3. The first-order valence-corrected chi connectivity index (χ1v) is 4.63. The van der Waals surface area contributed by atoms with Crippen molar-refractivity contribution in [3.8, 4) is 0 Å². The minimum absolute atomic E-state index is 0.201. The molecule has 0 aromatic carbocycles. The average molecular weight is 202 g/mol. The highest BCUT2D eigenvalue weighted by atomic mass is 16.4. The van der Waals surface area contributed by atoms with E-state index in [1.165, 1.54) is 0 Å². The molecule has 0 saturated heterocycles. The molecule has 0 fully saturated rings. The number of hydrogen-bond acceptors (Lipinski definition) is 3. The highest BCUT2D eigenvalue weighted by molar-refractivity contribution is 5.80. The monoisotopic (exact) mass is 202 g/mol. The van der Waals surface area contributed by atoms with Crippen LogP contribution in [0.3, 0.4) is 0 Å². The SMILES string of the molecule is CC(CN)C(=O)NC(C)C(C)C(=O)O. The van der Waals surface area contributed by atoms with Crippen molar-refractivity contribution in [2.75, 3.05) is 6.54 Å². The lowest BCUT2D eigenvalue weighted by Gasteiger charge is -2.19. The molecule has 0 aliphatic carbocycles. The van der Waals surface area contributed by atoms with Crippen LogP contribution in [0.15, 0.2) is 0 Å². The summed E-state index contributed by atoms with van der Waals surface area (Å²) in [6.45, 7) is 5.19. The van der Waals surface area contributed by atoms with Gasteiger partial charge in [-0.25, -0.2) is 0 Å². The Morgan fingerprint density at radius 2 is 1.86 bits per heavy atom. The van der Waals surface area contributed by atoms with Crippen LogP contribution in [0.5, 0.6) is 0 Å². The first-order chi connectivity index (χ1) is 6.40. The Hall–Kier alpha value is -1.10. The van der Waals surface area contributed by atoms with E-state index >= 15 is 0 Å². The van der Waals surface area contributed by atoms with Crippen molar-refractivity contribution in [1.82, 2.24) is 5.32 Å². The van der Waals surface area contributed by atoms with Crippen molar-refractivity contribution in [3.05, 3.63) is 0 Å². The molecule has 0 bridgehead atoms. The summed E-state index contributed by atoms with van der Waals surface area (Å²) < 4.78 is 0. The van der Waals surface area contributed by atoms with E-state index in [4.69, 9.17) is 10.8 Å². The van der Waals surface area contributed by atoms with E-state index < -0.39 is 11.9 Å². The number of amides is 1. The van der Waals surface area contributed by atoms with Crippen LogP contribution in [0.1, 0.15) is 20.8 Å². The van der Waals surface area contributed by atoms with Gasteiger partial charge in [0.2, 0.25) is 5.91 Å². The summed E-state index contributed by atoms with van der Waals surface area (Å²) >= 11 is 0. The Labute approximate surface area is 83.7 Å². The standard InChI is InChI=1S/C9H18N2O3/c1-5(4-10)8(12)11-7(3)6(2)9(13)14/h5-7H,4,10H2,1-3H3,(H,11,12)(H,13,14). The second-order valence-corrected chi connectivity index (χ2v) is 3.56. The third-order valence-electron chi connectivity index (χ3n) is 2.31. The quantitative estimate of drug-likeness (QED) is 0.576. The third kappa shape index (κ3) is 3.74. The van der Waals surface area contributed by atoms with Gasteiger partial charge in [-0.05, 0) is 13.8 Å². The fourth-order valence-corrected chi connectivity index (χ4v) is 0.813. The van der Waals surface area contributed by atoms with E-state index in [2.05, 4.69) is 5.32 Å². The first-order valence-electron chi connectivity index (χ1n) is 4.63. The second kappa shape index (κ2) is 5.59. The number of carbonyl (C=O) groups is 2. The fourth-order valence-electron chi connectivity index (χ4n) is 0.813. The lowest BCUT2D eigenvalue weighted by molar-refractivity contribution is -0.142. The van der Waals surface area contributed by atoms with Crippen LogP contribution in [0.2, 0.25) is 0 Å². The number of carbonyl (C=O) groups excluding carboxylic acids is 1. The molecule has 0 rings (SSSR count). The van der Waals surface area contributed by atoms with Crippen molar-refractivity contribution >= 4 is 11.9 Å². The van der Waals surface area contributed by atoms with Crippen LogP contribution in [0.25, 0.3) is 0 Å². The van der Waals surface area contributed by atoms with Gasteiger partial charge in [0.05, 0.1) is 5.92 Å². The van der Waals surface area contributed by atoms with Crippen molar-refractivity contribution < 1.29 is 14.7 Å². The predicted molar refractivity (Wildman–Crippen MR) is 52.6 cm³/mol. The zero-order chi connectivity index (χ0) is 11.3. The number of rotatable bonds is 5. The zero-order valence-electron chi connectivity index (χ0n) is 8.78. The maximum Gasteiger partial charge on any atom is 0.308 e. The molecule has 0 aromatic rings. The van der Waals surface area contributed by atoms with Crippen LogP contribution < -0.4 is 11.1 Å². The molecule has 0 heterocycles. The normalized spacial score (nSPS) is 16.9. The van der Waals surface area contributed by atoms with Crippen LogP contribution >= 0.6 is 0 Å². The number of carboxylic acids is 1. The molecule has 4 N–H and O–H groups in total. The van der Waals surface area contributed by atoms with Gasteiger partial charge in [0, 0.05) is 18.5 Å². The van der Waals surface area contributed by atoms with E-state index in [0.29, 0.717) is 0 Å². The summed E-state index contributed by atoms with van der Waals surface area (Å²) in [5.41, 5.74) is 5.31. The smallest absolute Gasteiger partial charge is 0.308 e. The average Bonchev–Trinajstić information content (AvgIpc) is 2.14. The molecule has 82 valence electrons. The Morgan fingerprint density at radius 3 is 2.21 bits per heavy atom. The van der Waals surface area contributed by atoms with Gasteiger partial charge in [0.1, 0.15) is 0 Å². The largest absolute Gasteiger partial charge is 0.481 e. The van der Waals surface area contributed by atoms with Crippen molar-refractivity contribution in [2.45, 2.75) is 26.8 Å². The molecule has 0 saturated carbocycles. The van der Waals surface area contributed by atoms with E-state index in [9.17, 15) is 9.59 Å². The van der Waals surface area contributed by atoms with E-state index in [1.54, 1.807) is 20.8 Å². The van der Waals surface area contributed by atoms with E-state index in [-0.39, 0.29) is 24.4 Å².